The number of thiazole rings is 1. The molecule has 4 aliphatic heterocycles. The molecule has 1 saturated carbocycles. The Labute approximate surface area is 161 Å². The standard InChI is InChI=1S/C20H21N3O3S/c24-18-7-14-6-13(1-2-16(14)22-18)17-8-21-20(27-17)26-19-15-4-11-3-12(5-15)10-23(19,25)9-11/h1-2,6,8,11-12,15,19H,3-5,7,9-10H2,(H,22,24). The first-order valence-electron chi connectivity index (χ1n) is 9.69. The van der Waals surface area contributed by atoms with Crippen LogP contribution in [0.4, 0.5) is 5.69 Å². The number of aromatic nitrogens is 1. The van der Waals surface area contributed by atoms with E-state index in [0.717, 1.165) is 34.5 Å². The van der Waals surface area contributed by atoms with Gasteiger partial charge in [0.1, 0.15) is 0 Å². The molecule has 1 aromatic carbocycles. The summed E-state index contributed by atoms with van der Waals surface area (Å²) in [5, 5.41) is 16.8. The molecule has 1 aliphatic carbocycles. The number of benzene rings is 1. The number of nitrogens with one attached hydrogen (secondary N) is 1. The Kier molecular flexibility index (Phi) is 3.28. The Balaban J connectivity index is 1.25. The second-order valence-corrected chi connectivity index (χ2v) is 9.61. The van der Waals surface area contributed by atoms with Crippen molar-refractivity contribution in [1.82, 2.24) is 4.98 Å². The minimum atomic E-state index is -0.293. The average molecular weight is 383 g/mol. The van der Waals surface area contributed by atoms with Crippen LogP contribution in [-0.2, 0) is 11.2 Å². The van der Waals surface area contributed by atoms with E-state index < -0.39 is 0 Å². The highest BCUT2D eigenvalue weighted by Gasteiger charge is 2.55. The van der Waals surface area contributed by atoms with E-state index in [9.17, 15) is 10.0 Å². The fourth-order valence-corrected chi connectivity index (χ4v) is 6.60. The van der Waals surface area contributed by atoms with Crippen LogP contribution in [0, 0.1) is 23.0 Å². The molecule has 6 nitrogen and oxygen atoms in total. The number of piperidine rings is 3. The maximum Gasteiger partial charge on any atom is 0.278 e. The van der Waals surface area contributed by atoms with Gasteiger partial charge in [-0.3, -0.25) is 4.79 Å². The van der Waals surface area contributed by atoms with Crippen LogP contribution in [0.2, 0.25) is 0 Å². The number of quaternary nitrogens is 1. The van der Waals surface area contributed by atoms with Crippen LogP contribution >= 0.6 is 11.3 Å². The second-order valence-electron chi connectivity index (χ2n) is 8.61. The third kappa shape index (κ3) is 2.52. The SMILES string of the molecule is O=C1Cc2cc(-c3cnc(OC4C5CC6CC(C5)C[N+]4([O-])C6)s3)ccc2N1. The van der Waals surface area contributed by atoms with Crippen LogP contribution in [-0.4, -0.2) is 34.9 Å². The van der Waals surface area contributed by atoms with Crippen molar-refractivity contribution >= 4 is 22.9 Å². The molecule has 27 heavy (non-hydrogen) atoms. The topological polar surface area (TPSA) is 74.3 Å². The van der Waals surface area contributed by atoms with Crippen molar-refractivity contribution in [3.05, 3.63) is 35.2 Å². The minimum Gasteiger partial charge on any atom is -0.630 e. The molecule has 7 rings (SSSR count). The first kappa shape index (κ1) is 16.0. The van der Waals surface area contributed by atoms with Gasteiger partial charge in [0.2, 0.25) is 12.1 Å². The molecular formula is C20H21N3O3S. The number of anilines is 1. The van der Waals surface area contributed by atoms with Crippen molar-refractivity contribution < 1.29 is 14.2 Å². The van der Waals surface area contributed by atoms with Crippen LogP contribution in [0.15, 0.2) is 24.4 Å². The maximum absolute atomic E-state index is 13.3. The van der Waals surface area contributed by atoms with E-state index in [4.69, 9.17) is 4.74 Å². The van der Waals surface area contributed by atoms with Gasteiger partial charge in [0.15, 0.2) is 0 Å². The molecule has 3 atom stereocenters. The molecule has 5 aliphatic rings. The molecule has 7 heteroatoms. The van der Waals surface area contributed by atoms with Crippen molar-refractivity contribution in [2.24, 2.45) is 17.8 Å². The quantitative estimate of drug-likeness (QED) is 0.651. The summed E-state index contributed by atoms with van der Waals surface area (Å²) in [6.45, 7) is 1.42. The normalized spacial score (nSPS) is 36.0. The zero-order chi connectivity index (χ0) is 18.2. The van der Waals surface area contributed by atoms with Crippen molar-refractivity contribution in [2.75, 3.05) is 18.4 Å². The lowest BCUT2D eigenvalue weighted by molar-refractivity contribution is -0.952. The third-order valence-corrected chi connectivity index (χ3v) is 7.60. The molecule has 140 valence electrons. The van der Waals surface area contributed by atoms with Crippen LogP contribution in [0.5, 0.6) is 5.19 Å². The van der Waals surface area contributed by atoms with E-state index in [1.165, 1.54) is 17.8 Å². The molecule has 0 spiro atoms. The van der Waals surface area contributed by atoms with Gasteiger partial charge in [-0.2, -0.15) is 0 Å². The van der Waals surface area contributed by atoms with Gasteiger partial charge >= 0.3 is 0 Å². The van der Waals surface area contributed by atoms with Gasteiger partial charge in [-0.25, -0.2) is 4.98 Å². The summed E-state index contributed by atoms with van der Waals surface area (Å²) < 4.78 is 6.03. The number of nitrogens with zero attached hydrogens (tertiary/aromatic N) is 2. The number of rotatable bonds is 3. The molecule has 2 aromatic rings. The number of hydrogen-bond acceptors (Lipinski definition) is 5. The van der Waals surface area contributed by atoms with Crippen molar-refractivity contribution in [3.63, 3.8) is 0 Å². The van der Waals surface area contributed by atoms with E-state index in [1.54, 1.807) is 0 Å². The third-order valence-electron chi connectivity index (χ3n) is 6.66. The van der Waals surface area contributed by atoms with Gasteiger partial charge in [-0.15, -0.1) is 0 Å². The predicted molar refractivity (Wildman–Crippen MR) is 102 cm³/mol. The number of hydrogen-bond donors (Lipinski definition) is 1. The van der Waals surface area contributed by atoms with Gasteiger partial charge in [0, 0.05) is 23.7 Å². The lowest BCUT2D eigenvalue weighted by atomic mass is 9.67. The summed E-state index contributed by atoms with van der Waals surface area (Å²) in [5.41, 5.74) is 2.95. The van der Waals surface area contributed by atoms with Gasteiger partial charge in [-0.05, 0) is 42.5 Å². The lowest BCUT2D eigenvalue weighted by Gasteiger charge is -2.63. The minimum absolute atomic E-state index is 0.0378. The first-order chi connectivity index (χ1) is 13.1. The monoisotopic (exact) mass is 383 g/mol. The Morgan fingerprint density at radius 1 is 1.22 bits per heavy atom. The van der Waals surface area contributed by atoms with E-state index >= 15 is 0 Å². The zero-order valence-electron chi connectivity index (χ0n) is 14.9. The van der Waals surface area contributed by atoms with Crippen LogP contribution < -0.4 is 10.1 Å². The number of carbonyl (C=O) groups excluding carboxylic acids is 1. The molecule has 1 N–H and O–H groups in total. The summed E-state index contributed by atoms with van der Waals surface area (Å²) in [4.78, 5) is 17.0. The van der Waals surface area contributed by atoms with E-state index in [2.05, 4.69) is 10.3 Å². The van der Waals surface area contributed by atoms with Crippen molar-refractivity contribution in [3.8, 4) is 15.6 Å². The summed E-state index contributed by atoms with van der Waals surface area (Å²) in [7, 11) is 0. The van der Waals surface area contributed by atoms with Gasteiger partial charge in [-0.1, -0.05) is 17.4 Å². The summed E-state index contributed by atoms with van der Waals surface area (Å²) in [6, 6.07) is 5.98. The van der Waals surface area contributed by atoms with Crippen LogP contribution in [0.1, 0.15) is 24.8 Å². The molecule has 5 heterocycles. The second kappa shape index (κ2) is 5.53. The molecule has 1 amide bonds. The highest BCUT2D eigenvalue weighted by Crippen LogP contribution is 2.51. The zero-order valence-corrected chi connectivity index (χ0v) is 15.7. The largest absolute Gasteiger partial charge is 0.630 e. The first-order valence-corrected chi connectivity index (χ1v) is 10.5. The molecule has 4 fully saturated rings. The number of ether oxygens (including phenoxy) is 1. The Hall–Kier alpha value is -1.96. The Morgan fingerprint density at radius 3 is 2.81 bits per heavy atom. The van der Waals surface area contributed by atoms with Crippen LogP contribution in [0.25, 0.3) is 10.4 Å². The smallest absolute Gasteiger partial charge is 0.278 e. The van der Waals surface area contributed by atoms with Gasteiger partial charge in [0.05, 0.1) is 30.3 Å². The Bertz CT molecular complexity index is 928. The van der Waals surface area contributed by atoms with Gasteiger partial charge < -0.3 is 19.9 Å². The lowest BCUT2D eigenvalue weighted by Crippen LogP contribution is -2.70. The van der Waals surface area contributed by atoms with E-state index in [1.807, 2.05) is 24.4 Å². The molecular weight excluding hydrogens is 362 g/mol. The maximum atomic E-state index is 13.3. The highest BCUT2D eigenvalue weighted by molar-refractivity contribution is 7.16. The number of carbonyl (C=O) groups is 1. The van der Waals surface area contributed by atoms with Crippen LogP contribution in [0.3, 0.4) is 0 Å². The van der Waals surface area contributed by atoms with Crippen molar-refractivity contribution in [1.29, 1.82) is 0 Å². The fourth-order valence-electron chi connectivity index (χ4n) is 5.81. The highest BCUT2D eigenvalue weighted by atomic mass is 32.1. The fraction of sp³-hybridized carbons (Fsp3) is 0.500. The molecule has 3 saturated heterocycles. The van der Waals surface area contributed by atoms with Gasteiger partial charge in [0.25, 0.3) is 5.19 Å². The Morgan fingerprint density at radius 2 is 2.04 bits per heavy atom. The number of hydroxylamine groups is 3. The summed E-state index contributed by atoms with van der Waals surface area (Å²) in [6.07, 6.45) is 5.45. The summed E-state index contributed by atoms with van der Waals surface area (Å²) in [5.74, 6) is 1.60. The van der Waals surface area contributed by atoms with Crippen molar-refractivity contribution in [2.45, 2.75) is 31.9 Å². The van der Waals surface area contributed by atoms with E-state index in [0.29, 0.717) is 42.5 Å². The summed E-state index contributed by atoms with van der Waals surface area (Å²) >= 11 is 1.49. The molecule has 4 bridgehead atoms. The number of amides is 1. The molecule has 0 radical (unpaired) electrons. The predicted octanol–water partition coefficient (Wildman–Crippen LogP) is 3.38. The molecule has 3 unspecified atom stereocenters. The molecule has 1 aromatic heterocycles. The van der Waals surface area contributed by atoms with E-state index in [-0.39, 0.29) is 16.8 Å². The average Bonchev–Trinajstić information content (AvgIpc) is 3.21. The number of fused-ring (bicyclic) bond motifs is 1.